The average Bonchev–Trinajstić information content (AvgIpc) is 3.12. The highest BCUT2D eigenvalue weighted by Gasteiger charge is 2.36. The molecule has 0 aliphatic carbocycles. The third-order valence-corrected chi connectivity index (χ3v) is 3.97. The number of likely N-dealkylation sites (tertiary alicyclic amines) is 1. The lowest BCUT2D eigenvalue weighted by molar-refractivity contribution is 0.0682. The van der Waals surface area contributed by atoms with Gasteiger partial charge in [0.25, 0.3) is 5.91 Å². The molecular weight excluding hydrogens is 282 g/mol. The van der Waals surface area contributed by atoms with Gasteiger partial charge >= 0.3 is 0 Å². The molecule has 1 saturated heterocycles. The van der Waals surface area contributed by atoms with Crippen molar-refractivity contribution in [1.82, 2.24) is 4.90 Å². The highest BCUT2D eigenvalue weighted by molar-refractivity contribution is 5.92. The molecule has 2 atom stereocenters. The fourth-order valence-electron chi connectivity index (χ4n) is 2.89. The van der Waals surface area contributed by atoms with Crippen LogP contribution in [0.25, 0.3) is 0 Å². The van der Waals surface area contributed by atoms with Crippen LogP contribution in [0.1, 0.15) is 34.3 Å². The quantitative estimate of drug-likeness (QED) is 0.946. The number of aryl methyl sites for hydroxylation is 1. The monoisotopic (exact) mass is 301 g/mol. The number of hydrogen-bond donors (Lipinski definition) is 1. The van der Waals surface area contributed by atoms with Crippen molar-refractivity contribution in [2.24, 2.45) is 0 Å². The molecule has 5 heteroatoms. The highest BCUT2D eigenvalue weighted by Crippen LogP contribution is 2.34. The minimum Gasteiger partial charge on any atom is -0.497 e. The van der Waals surface area contributed by atoms with Crippen LogP contribution in [0.3, 0.4) is 0 Å². The summed E-state index contributed by atoms with van der Waals surface area (Å²) >= 11 is 0. The van der Waals surface area contributed by atoms with Crippen molar-refractivity contribution < 1.29 is 19.1 Å². The minimum atomic E-state index is -0.531. The first-order valence-electron chi connectivity index (χ1n) is 7.28. The van der Waals surface area contributed by atoms with Gasteiger partial charge in [0, 0.05) is 6.54 Å². The van der Waals surface area contributed by atoms with Gasteiger partial charge in [0.1, 0.15) is 11.5 Å². The van der Waals surface area contributed by atoms with E-state index in [0.717, 1.165) is 11.3 Å². The predicted molar refractivity (Wildman–Crippen MR) is 80.8 cm³/mol. The van der Waals surface area contributed by atoms with E-state index in [-0.39, 0.29) is 11.9 Å². The molecule has 1 aromatic heterocycles. The summed E-state index contributed by atoms with van der Waals surface area (Å²) in [7, 11) is 1.61. The minimum absolute atomic E-state index is 0.178. The van der Waals surface area contributed by atoms with E-state index in [1.807, 2.05) is 24.3 Å². The molecule has 1 amide bonds. The molecule has 22 heavy (non-hydrogen) atoms. The molecule has 5 nitrogen and oxygen atoms in total. The number of benzene rings is 1. The van der Waals surface area contributed by atoms with E-state index in [1.165, 1.54) is 0 Å². The maximum absolute atomic E-state index is 12.6. The number of furan rings is 1. The van der Waals surface area contributed by atoms with Crippen molar-refractivity contribution in [1.29, 1.82) is 0 Å². The van der Waals surface area contributed by atoms with E-state index in [0.29, 0.717) is 24.5 Å². The molecule has 116 valence electrons. The van der Waals surface area contributed by atoms with Gasteiger partial charge < -0.3 is 19.2 Å². The Morgan fingerprint density at radius 2 is 2.18 bits per heavy atom. The molecule has 0 bridgehead atoms. The van der Waals surface area contributed by atoms with Crippen molar-refractivity contribution in [3.05, 3.63) is 53.5 Å². The maximum atomic E-state index is 12.6. The van der Waals surface area contributed by atoms with E-state index in [9.17, 15) is 9.90 Å². The van der Waals surface area contributed by atoms with Crippen LogP contribution in [0, 0.1) is 6.92 Å². The van der Waals surface area contributed by atoms with Crippen LogP contribution in [0.4, 0.5) is 0 Å². The largest absolute Gasteiger partial charge is 0.497 e. The Hall–Kier alpha value is -2.27. The number of rotatable bonds is 3. The normalized spacial score (nSPS) is 21.1. The number of amides is 1. The standard InChI is InChI=1S/C17H19NO4/c1-11-6-7-16(22-11)17(20)18-10-13(19)9-15(18)12-4-3-5-14(8-12)21-2/h3-8,13,15,19H,9-10H2,1-2H3/t13-,15+/m0/s1. The molecule has 1 N–H and O–H groups in total. The summed E-state index contributed by atoms with van der Waals surface area (Å²) in [6.07, 6.45) is -0.0188. The van der Waals surface area contributed by atoms with E-state index < -0.39 is 6.10 Å². The topological polar surface area (TPSA) is 62.9 Å². The molecule has 0 radical (unpaired) electrons. The van der Waals surface area contributed by atoms with E-state index >= 15 is 0 Å². The third-order valence-electron chi connectivity index (χ3n) is 3.97. The van der Waals surface area contributed by atoms with Crippen molar-refractivity contribution in [2.45, 2.75) is 25.5 Å². The molecule has 0 spiro atoms. The van der Waals surface area contributed by atoms with Crippen LogP contribution in [0.15, 0.2) is 40.8 Å². The summed E-state index contributed by atoms with van der Waals surface area (Å²) in [6.45, 7) is 2.11. The summed E-state index contributed by atoms with van der Waals surface area (Å²) < 4.78 is 10.7. The molecule has 1 fully saturated rings. The summed E-state index contributed by atoms with van der Waals surface area (Å²) in [5.74, 6) is 1.54. The van der Waals surface area contributed by atoms with Crippen LogP contribution in [-0.2, 0) is 0 Å². The number of carbonyl (C=O) groups is 1. The molecule has 3 rings (SSSR count). The van der Waals surface area contributed by atoms with Gasteiger partial charge in [0.2, 0.25) is 0 Å². The maximum Gasteiger partial charge on any atom is 0.290 e. The number of β-amino-alcohol motifs (C(OH)–C–C–N with tert-alkyl or cyclic N) is 1. The van der Waals surface area contributed by atoms with Gasteiger partial charge in [-0.1, -0.05) is 12.1 Å². The SMILES string of the molecule is COc1cccc([C@H]2C[C@H](O)CN2C(=O)c2ccc(C)o2)c1. The third kappa shape index (κ3) is 2.72. The van der Waals surface area contributed by atoms with Crippen LogP contribution in [-0.4, -0.2) is 35.7 Å². The van der Waals surface area contributed by atoms with Crippen molar-refractivity contribution in [3.8, 4) is 5.75 Å². The zero-order valence-electron chi connectivity index (χ0n) is 12.7. The van der Waals surface area contributed by atoms with Crippen molar-refractivity contribution in [2.75, 3.05) is 13.7 Å². The summed E-state index contributed by atoms with van der Waals surface area (Å²) in [6, 6.07) is 10.8. The number of hydrogen-bond acceptors (Lipinski definition) is 4. The number of aliphatic hydroxyl groups excluding tert-OH is 1. The van der Waals surface area contributed by atoms with Gasteiger partial charge in [-0.25, -0.2) is 0 Å². The smallest absolute Gasteiger partial charge is 0.290 e. The Morgan fingerprint density at radius 3 is 2.86 bits per heavy atom. The molecule has 1 aliphatic heterocycles. The first kappa shape index (κ1) is 14.7. The Labute approximate surface area is 129 Å². The summed E-state index contributed by atoms with van der Waals surface area (Å²) in [4.78, 5) is 14.3. The lowest BCUT2D eigenvalue weighted by atomic mass is 10.0. The van der Waals surface area contributed by atoms with E-state index in [4.69, 9.17) is 9.15 Å². The second kappa shape index (κ2) is 5.85. The number of aliphatic hydroxyl groups is 1. The van der Waals surface area contributed by atoms with Crippen molar-refractivity contribution >= 4 is 5.91 Å². The van der Waals surface area contributed by atoms with Gasteiger partial charge in [0.05, 0.1) is 19.3 Å². The molecular formula is C17H19NO4. The number of nitrogens with zero attached hydrogens (tertiary/aromatic N) is 1. The first-order valence-corrected chi connectivity index (χ1v) is 7.28. The Morgan fingerprint density at radius 1 is 1.36 bits per heavy atom. The van der Waals surface area contributed by atoms with Crippen LogP contribution < -0.4 is 4.74 Å². The molecule has 0 saturated carbocycles. The van der Waals surface area contributed by atoms with Crippen LogP contribution >= 0.6 is 0 Å². The molecule has 0 unspecified atom stereocenters. The van der Waals surface area contributed by atoms with Crippen LogP contribution in [0.5, 0.6) is 5.75 Å². The lowest BCUT2D eigenvalue weighted by Gasteiger charge is -2.24. The first-order chi connectivity index (χ1) is 10.6. The Bertz CT molecular complexity index is 679. The summed E-state index contributed by atoms with van der Waals surface area (Å²) in [5.41, 5.74) is 0.951. The number of methoxy groups -OCH3 is 1. The van der Waals surface area contributed by atoms with Gasteiger partial charge in [-0.3, -0.25) is 4.79 Å². The zero-order valence-corrected chi connectivity index (χ0v) is 12.7. The fraction of sp³-hybridized carbons (Fsp3) is 0.353. The number of carbonyl (C=O) groups excluding carboxylic acids is 1. The molecule has 2 aromatic rings. The molecule has 1 aromatic carbocycles. The predicted octanol–water partition coefficient (Wildman–Crippen LogP) is 2.54. The van der Waals surface area contributed by atoms with E-state index in [1.54, 1.807) is 31.1 Å². The average molecular weight is 301 g/mol. The molecule has 2 heterocycles. The van der Waals surface area contributed by atoms with Gasteiger partial charge in [-0.15, -0.1) is 0 Å². The highest BCUT2D eigenvalue weighted by atomic mass is 16.5. The molecule has 1 aliphatic rings. The van der Waals surface area contributed by atoms with Gasteiger partial charge in [-0.05, 0) is 43.2 Å². The van der Waals surface area contributed by atoms with E-state index in [2.05, 4.69) is 0 Å². The lowest BCUT2D eigenvalue weighted by Crippen LogP contribution is -2.31. The fourth-order valence-corrected chi connectivity index (χ4v) is 2.89. The second-order valence-corrected chi connectivity index (χ2v) is 5.55. The summed E-state index contributed by atoms with van der Waals surface area (Å²) in [5, 5.41) is 10.0. The zero-order chi connectivity index (χ0) is 15.7. The van der Waals surface area contributed by atoms with Crippen molar-refractivity contribution in [3.63, 3.8) is 0 Å². The Balaban J connectivity index is 1.90. The van der Waals surface area contributed by atoms with Crippen LogP contribution in [0.2, 0.25) is 0 Å². The Kier molecular flexibility index (Phi) is 3.90. The van der Waals surface area contributed by atoms with Gasteiger partial charge in [-0.2, -0.15) is 0 Å². The van der Waals surface area contributed by atoms with Gasteiger partial charge in [0.15, 0.2) is 5.76 Å². The number of ether oxygens (including phenoxy) is 1. The second-order valence-electron chi connectivity index (χ2n) is 5.55.